The second-order valence-electron chi connectivity index (χ2n) is 4.48. The molecule has 1 aromatic rings. The topological polar surface area (TPSA) is 66.3 Å². The number of aliphatic carboxylic acids is 1. The van der Waals surface area contributed by atoms with Crippen LogP contribution in [0.4, 0.5) is 19.0 Å². The van der Waals surface area contributed by atoms with Crippen LogP contribution in [0.2, 0.25) is 0 Å². The molecule has 5 nitrogen and oxygen atoms in total. The van der Waals surface area contributed by atoms with Crippen LogP contribution in [0.5, 0.6) is 0 Å². The van der Waals surface area contributed by atoms with Gasteiger partial charge < -0.3 is 10.0 Å². The van der Waals surface area contributed by atoms with Gasteiger partial charge in [0.1, 0.15) is 17.2 Å². The van der Waals surface area contributed by atoms with Gasteiger partial charge >= 0.3 is 12.1 Å². The number of thioether (sulfide) groups is 1. The molecule has 1 N–H and O–H groups in total. The Morgan fingerprint density at radius 1 is 1.50 bits per heavy atom. The average molecular weight is 307 g/mol. The number of alkyl halides is 3. The Kier molecular flexibility index (Phi) is 3.81. The van der Waals surface area contributed by atoms with Crippen molar-refractivity contribution < 1.29 is 23.1 Å². The van der Waals surface area contributed by atoms with Crippen LogP contribution in [0.25, 0.3) is 0 Å². The summed E-state index contributed by atoms with van der Waals surface area (Å²) in [5.74, 6) is -1.52. The Labute approximate surface area is 117 Å². The number of hydrogen-bond donors (Lipinski definition) is 1. The molecule has 0 aliphatic carbocycles. The second-order valence-corrected chi connectivity index (χ2v) is 5.30. The Hall–Kier alpha value is -1.51. The number of carboxylic acid groups (broad SMARTS) is 1. The molecular weight excluding hydrogens is 295 g/mol. The number of carboxylic acids is 1. The van der Waals surface area contributed by atoms with Gasteiger partial charge in [0.05, 0.1) is 0 Å². The molecule has 110 valence electrons. The molecule has 1 saturated heterocycles. The molecule has 1 aromatic heterocycles. The highest BCUT2D eigenvalue weighted by Gasteiger charge is 2.63. The van der Waals surface area contributed by atoms with Crippen molar-refractivity contribution in [3.8, 4) is 0 Å². The van der Waals surface area contributed by atoms with Crippen LogP contribution in [0.15, 0.2) is 17.4 Å². The molecule has 20 heavy (non-hydrogen) atoms. The monoisotopic (exact) mass is 307 g/mol. The third-order valence-electron chi connectivity index (χ3n) is 3.38. The van der Waals surface area contributed by atoms with E-state index in [0.29, 0.717) is 10.8 Å². The molecule has 1 unspecified atom stereocenters. The summed E-state index contributed by atoms with van der Waals surface area (Å²) in [5.41, 5.74) is -2.72. The van der Waals surface area contributed by atoms with Crippen molar-refractivity contribution in [2.45, 2.75) is 17.6 Å². The summed E-state index contributed by atoms with van der Waals surface area (Å²) in [6, 6.07) is 1.55. The van der Waals surface area contributed by atoms with Gasteiger partial charge in [-0.2, -0.15) is 13.2 Å². The number of nitrogens with zero attached hydrogens (tertiary/aromatic N) is 3. The molecule has 0 bridgehead atoms. The molecule has 9 heteroatoms. The molecule has 1 aliphatic rings. The highest BCUT2D eigenvalue weighted by Crippen LogP contribution is 2.46. The fourth-order valence-corrected chi connectivity index (χ4v) is 2.52. The number of aromatic nitrogens is 2. The first-order valence-electron chi connectivity index (χ1n) is 5.71. The van der Waals surface area contributed by atoms with Gasteiger partial charge in [-0.05, 0) is 12.7 Å². The minimum atomic E-state index is -4.79. The maximum Gasteiger partial charge on any atom is 0.406 e. The molecule has 2 rings (SSSR count). The number of rotatable bonds is 3. The summed E-state index contributed by atoms with van der Waals surface area (Å²) in [6.07, 6.45) is -2.23. The third-order valence-corrected chi connectivity index (χ3v) is 4.02. The highest BCUT2D eigenvalue weighted by molar-refractivity contribution is 7.98. The van der Waals surface area contributed by atoms with E-state index < -0.39 is 30.5 Å². The number of halogens is 3. The van der Waals surface area contributed by atoms with Gasteiger partial charge in [-0.15, -0.1) is 11.8 Å². The van der Waals surface area contributed by atoms with Crippen molar-refractivity contribution in [1.82, 2.24) is 9.97 Å². The minimum Gasteiger partial charge on any atom is -0.481 e. The molecule has 0 aromatic carbocycles. The normalized spacial score (nSPS) is 23.1. The Bertz CT molecular complexity index is 526. The van der Waals surface area contributed by atoms with Gasteiger partial charge in [0, 0.05) is 19.2 Å². The summed E-state index contributed by atoms with van der Waals surface area (Å²) in [6.45, 7) is -0.632. The maximum absolute atomic E-state index is 13.1. The van der Waals surface area contributed by atoms with Gasteiger partial charge in [0.15, 0.2) is 5.41 Å². The lowest BCUT2D eigenvalue weighted by Crippen LogP contribution is -2.47. The van der Waals surface area contributed by atoms with Crippen LogP contribution >= 0.6 is 11.8 Å². The predicted octanol–water partition coefficient (Wildman–Crippen LogP) is 2.04. The second kappa shape index (κ2) is 5.12. The van der Waals surface area contributed by atoms with Gasteiger partial charge in [0.25, 0.3) is 0 Å². The van der Waals surface area contributed by atoms with E-state index in [2.05, 4.69) is 9.97 Å². The predicted molar refractivity (Wildman–Crippen MR) is 66.8 cm³/mol. The van der Waals surface area contributed by atoms with E-state index in [4.69, 9.17) is 5.11 Å². The molecule has 0 spiro atoms. The lowest BCUT2D eigenvalue weighted by molar-refractivity contribution is -0.225. The first kappa shape index (κ1) is 14.9. The largest absolute Gasteiger partial charge is 0.481 e. The van der Waals surface area contributed by atoms with Crippen molar-refractivity contribution >= 4 is 23.5 Å². The fraction of sp³-hybridized carbons (Fsp3) is 0.545. The summed E-state index contributed by atoms with van der Waals surface area (Å²) >= 11 is 1.34. The van der Waals surface area contributed by atoms with Gasteiger partial charge in [-0.3, -0.25) is 4.79 Å². The highest BCUT2D eigenvalue weighted by atomic mass is 32.2. The summed E-state index contributed by atoms with van der Waals surface area (Å²) in [7, 11) is 0. The molecule has 1 fully saturated rings. The Morgan fingerprint density at radius 2 is 2.20 bits per heavy atom. The van der Waals surface area contributed by atoms with Crippen LogP contribution in [0.3, 0.4) is 0 Å². The van der Waals surface area contributed by atoms with E-state index in [-0.39, 0.29) is 6.54 Å². The quantitative estimate of drug-likeness (QED) is 0.681. The first-order valence-corrected chi connectivity index (χ1v) is 6.94. The molecule has 0 amide bonds. The minimum absolute atomic E-state index is 0.00333. The van der Waals surface area contributed by atoms with E-state index >= 15 is 0 Å². The molecule has 1 atom stereocenters. The van der Waals surface area contributed by atoms with Crippen molar-refractivity contribution in [3.05, 3.63) is 12.4 Å². The van der Waals surface area contributed by atoms with E-state index in [9.17, 15) is 18.0 Å². The van der Waals surface area contributed by atoms with E-state index in [1.165, 1.54) is 23.0 Å². The van der Waals surface area contributed by atoms with Crippen LogP contribution in [-0.2, 0) is 4.79 Å². The van der Waals surface area contributed by atoms with Crippen LogP contribution < -0.4 is 4.90 Å². The number of carbonyl (C=O) groups is 1. The molecule has 2 heterocycles. The zero-order valence-corrected chi connectivity index (χ0v) is 11.3. The van der Waals surface area contributed by atoms with Gasteiger partial charge in [-0.1, -0.05) is 0 Å². The summed E-state index contributed by atoms with van der Waals surface area (Å²) in [4.78, 5) is 20.3. The number of anilines is 1. The van der Waals surface area contributed by atoms with Gasteiger partial charge in [0.2, 0.25) is 0 Å². The van der Waals surface area contributed by atoms with E-state index in [1.54, 1.807) is 12.3 Å². The van der Waals surface area contributed by atoms with Crippen molar-refractivity contribution in [3.63, 3.8) is 0 Å². The molecular formula is C11H12F3N3O2S. The Morgan fingerprint density at radius 3 is 2.70 bits per heavy atom. The zero-order chi connectivity index (χ0) is 15.0. The van der Waals surface area contributed by atoms with E-state index in [0.717, 1.165) is 0 Å². The Balaban J connectivity index is 2.29. The summed E-state index contributed by atoms with van der Waals surface area (Å²) in [5, 5.41) is 9.60. The van der Waals surface area contributed by atoms with Crippen LogP contribution in [-0.4, -0.2) is 46.6 Å². The summed E-state index contributed by atoms with van der Waals surface area (Å²) < 4.78 is 39.2. The average Bonchev–Trinajstić information content (AvgIpc) is 2.85. The number of hydrogen-bond acceptors (Lipinski definition) is 5. The smallest absolute Gasteiger partial charge is 0.406 e. The first-order chi connectivity index (χ1) is 9.30. The van der Waals surface area contributed by atoms with Crippen molar-refractivity contribution in [1.29, 1.82) is 0 Å². The van der Waals surface area contributed by atoms with Crippen molar-refractivity contribution in [2.75, 3.05) is 24.2 Å². The van der Waals surface area contributed by atoms with Crippen LogP contribution in [0.1, 0.15) is 6.42 Å². The van der Waals surface area contributed by atoms with Crippen molar-refractivity contribution in [2.24, 2.45) is 5.41 Å². The lowest BCUT2D eigenvalue weighted by atomic mass is 9.86. The van der Waals surface area contributed by atoms with E-state index in [1.807, 2.05) is 0 Å². The standard InChI is InChI=1S/C11H12F3N3O2S/c1-20-8-4-7(15-6-16-8)17-3-2-10(5-17,9(18)19)11(12,13)14/h4,6H,2-3,5H2,1H3,(H,18,19). The third kappa shape index (κ3) is 2.41. The zero-order valence-electron chi connectivity index (χ0n) is 10.5. The lowest BCUT2D eigenvalue weighted by Gasteiger charge is -2.27. The van der Waals surface area contributed by atoms with Gasteiger partial charge in [-0.25, -0.2) is 9.97 Å². The maximum atomic E-state index is 13.1. The molecule has 1 aliphatic heterocycles. The van der Waals surface area contributed by atoms with Crippen LogP contribution in [0, 0.1) is 5.41 Å². The SMILES string of the molecule is CSc1cc(N2CCC(C(=O)O)(C(F)(F)F)C2)ncn1. The fourth-order valence-electron chi connectivity index (χ4n) is 2.15. The molecule has 0 radical (unpaired) electrons. The molecule has 0 saturated carbocycles.